The molecule has 8 heteroatoms. The Morgan fingerprint density at radius 2 is 1.52 bits per heavy atom. The first-order valence-electron chi connectivity index (χ1n) is 8.58. The number of carbonyl (C=O) groups excluding carboxylic acids is 1. The molecule has 5 nitrogen and oxygen atoms in total. The van der Waals surface area contributed by atoms with E-state index in [1.54, 1.807) is 48.5 Å². The second-order valence-corrected chi connectivity index (χ2v) is 9.24. The molecule has 0 aliphatic carbocycles. The van der Waals surface area contributed by atoms with E-state index >= 15 is 0 Å². The zero-order chi connectivity index (χ0) is 20.8. The van der Waals surface area contributed by atoms with E-state index in [1.807, 2.05) is 6.92 Å². The number of aryl methyl sites for hydroxylation is 1. The summed E-state index contributed by atoms with van der Waals surface area (Å²) in [6, 6.07) is 17.4. The van der Waals surface area contributed by atoms with Gasteiger partial charge in [0.2, 0.25) is 9.84 Å². The van der Waals surface area contributed by atoms with Gasteiger partial charge in [-0.2, -0.15) is 9.78 Å². The van der Waals surface area contributed by atoms with Gasteiger partial charge in [0.25, 0.3) is 5.91 Å². The van der Waals surface area contributed by atoms with Gasteiger partial charge in [-0.05, 0) is 61.5 Å². The molecular weight excluding hydrogens is 431 g/mol. The maximum atomic E-state index is 13.2. The summed E-state index contributed by atoms with van der Waals surface area (Å²) < 4.78 is 27.6. The van der Waals surface area contributed by atoms with Crippen LogP contribution in [-0.4, -0.2) is 24.1 Å². The van der Waals surface area contributed by atoms with Crippen LogP contribution in [0.15, 0.2) is 76.7 Å². The second-order valence-electron chi connectivity index (χ2n) is 6.51. The average Bonchev–Trinajstić information content (AvgIpc) is 3.07. The molecule has 0 amide bonds. The van der Waals surface area contributed by atoms with Crippen molar-refractivity contribution in [1.29, 1.82) is 0 Å². The van der Waals surface area contributed by atoms with Crippen LogP contribution in [0.2, 0.25) is 10.0 Å². The first-order valence-corrected chi connectivity index (χ1v) is 10.8. The molecule has 1 heterocycles. The molecule has 0 saturated heterocycles. The van der Waals surface area contributed by atoms with Gasteiger partial charge in [-0.1, -0.05) is 40.9 Å². The lowest BCUT2D eigenvalue weighted by atomic mass is 10.2. The first kappa shape index (κ1) is 19.6. The van der Waals surface area contributed by atoms with Gasteiger partial charge in [0.1, 0.15) is 0 Å². The minimum absolute atomic E-state index is 0.0913. The Balaban J connectivity index is 1.94. The van der Waals surface area contributed by atoms with Gasteiger partial charge in [0.15, 0.2) is 5.03 Å². The largest absolute Gasteiger partial charge is 0.278 e. The Bertz CT molecular complexity index is 1340. The van der Waals surface area contributed by atoms with Gasteiger partial charge >= 0.3 is 0 Å². The van der Waals surface area contributed by atoms with Crippen LogP contribution in [-0.2, 0) is 9.84 Å². The second kappa shape index (κ2) is 7.30. The molecule has 4 aromatic rings. The van der Waals surface area contributed by atoms with Crippen LogP contribution in [0.25, 0.3) is 10.9 Å². The van der Waals surface area contributed by atoms with E-state index < -0.39 is 15.7 Å². The number of aromatic nitrogens is 2. The summed E-state index contributed by atoms with van der Waals surface area (Å²) >= 11 is 12.0. The number of halogens is 2. The van der Waals surface area contributed by atoms with Gasteiger partial charge in [0, 0.05) is 21.0 Å². The van der Waals surface area contributed by atoms with Crippen molar-refractivity contribution in [3.05, 3.63) is 87.9 Å². The van der Waals surface area contributed by atoms with Crippen molar-refractivity contribution in [2.45, 2.75) is 16.8 Å². The summed E-state index contributed by atoms with van der Waals surface area (Å²) in [6.07, 6.45) is 0. The van der Waals surface area contributed by atoms with E-state index in [0.717, 1.165) is 10.2 Å². The predicted molar refractivity (Wildman–Crippen MR) is 113 cm³/mol. The molecule has 0 bridgehead atoms. The number of rotatable bonds is 3. The molecular formula is C21H14Cl2N2O3S. The Morgan fingerprint density at radius 1 is 0.897 bits per heavy atom. The Labute approximate surface area is 177 Å². The summed E-state index contributed by atoms with van der Waals surface area (Å²) in [7, 11) is -3.96. The van der Waals surface area contributed by atoms with Gasteiger partial charge in [-0.25, -0.2) is 8.42 Å². The predicted octanol–water partition coefficient (Wildman–Crippen LogP) is 5.17. The molecule has 0 aliphatic rings. The summed E-state index contributed by atoms with van der Waals surface area (Å²) in [6.45, 7) is 1.87. The molecule has 1 aromatic heterocycles. The normalized spacial score (nSPS) is 11.7. The van der Waals surface area contributed by atoms with E-state index in [1.165, 1.54) is 18.2 Å². The van der Waals surface area contributed by atoms with E-state index in [-0.39, 0.29) is 15.3 Å². The number of fused-ring (bicyclic) bond motifs is 1. The van der Waals surface area contributed by atoms with E-state index in [2.05, 4.69) is 5.10 Å². The van der Waals surface area contributed by atoms with Gasteiger partial charge in [0.05, 0.1) is 10.4 Å². The molecule has 0 atom stereocenters. The third-order valence-electron chi connectivity index (χ3n) is 4.48. The number of hydrogen-bond donors (Lipinski definition) is 0. The fourth-order valence-corrected chi connectivity index (χ4v) is 4.62. The summed E-state index contributed by atoms with van der Waals surface area (Å²) in [5, 5.41) is 5.08. The van der Waals surface area contributed by atoms with Gasteiger partial charge in [-0.3, -0.25) is 4.79 Å². The summed E-state index contributed by atoms with van der Waals surface area (Å²) in [4.78, 5) is 13.1. The quantitative estimate of drug-likeness (QED) is 0.436. The maximum absolute atomic E-state index is 13.2. The lowest BCUT2D eigenvalue weighted by Crippen LogP contribution is -2.14. The zero-order valence-electron chi connectivity index (χ0n) is 15.1. The SMILES string of the molecule is Cc1ccc(S(=O)(=O)c2nn(C(=O)c3ccc(Cl)cc3)c3ccc(Cl)cc23)cc1. The van der Waals surface area contributed by atoms with Gasteiger partial charge < -0.3 is 0 Å². The highest BCUT2D eigenvalue weighted by molar-refractivity contribution is 7.91. The number of carbonyl (C=O) groups is 1. The van der Waals surface area contributed by atoms with Crippen molar-refractivity contribution >= 4 is 49.8 Å². The molecule has 0 saturated carbocycles. The molecule has 0 aliphatic heterocycles. The van der Waals surface area contributed by atoms with Crippen LogP contribution in [0, 0.1) is 6.92 Å². The van der Waals surface area contributed by atoms with Crippen LogP contribution in [0.3, 0.4) is 0 Å². The van der Waals surface area contributed by atoms with Crippen molar-refractivity contribution in [3.63, 3.8) is 0 Å². The fourth-order valence-electron chi connectivity index (χ4n) is 2.96. The lowest BCUT2D eigenvalue weighted by molar-refractivity contribution is 0.0949. The molecule has 0 unspecified atom stereocenters. The number of nitrogens with zero attached hydrogens (tertiary/aromatic N) is 2. The molecule has 4 rings (SSSR count). The Kier molecular flexibility index (Phi) is 4.94. The fraction of sp³-hybridized carbons (Fsp3) is 0.0476. The van der Waals surface area contributed by atoms with E-state index in [9.17, 15) is 13.2 Å². The summed E-state index contributed by atoms with van der Waals surface area (Å²) in [5.74, 6) is -0.473. The van der Waals surface area contributed by atoms with Crippen LogP contribution in [0.1, 0.15) is 15.9 Å². The minimum atomic E-state index is -3.96. The van der Waals surface area contributed by atoms with Crippen LogP contribution in [0.4, 0.5) is 0 Å². The third kappa shape index (κ3) is 3.55. The highest BCUT2D eigenvalue weighted by Crippen LogP contribution is 2.30. The lowest BCUT2D eigenvalue weighted by Gasteiger charge is -2.03. The van der Waals surface area contributed by atoms with Gasteiger partial charge in [-0.15, -0.1) is 0 Å². The van der Waals surface area contributed by atoms with Crippen LogP contribution < -0.4 is 0 Å². The molecule has 0 fully saturated rings. The molecule has 29 heavy (non-hydrogen) atoms. The number of benzene rings is 3. The highest BCUT2D eigenvalue weighted by atomic mass is 35.5. The van der Waals surface area contributed by atoms with Crippen molar-refractivity contribution in [3.8, 4) is 0 Å². The van der Waals surface area contributed by atoms with E-state index in [4.69, 9.17) is 23.2 Å². The monoisotopic (exact) mass is 444 g/mol. The first-order chi connectivity index (χ1) is 13.8. The van der Waals surface area contributed by atoms with Crippen molar-refractivity contribution in [2.24, 2.45) is 0 Å². The molecule has 0 N–H and O–H groups in total. The summed E-state index contributed by atoms with van der Waals surface area (Å²) in [5.41, 5.74) is 1.60. The smallest absolute Gasteiger partial charge is 0.267 e. The van der Waals surface area contributed by atoms with Crippen molar-refractivity contribution in [1.82, 2.24) is 9.78 Å². The number of hydrogen-bond acceptors (Lipinski definition) is 4. The maximum Gasteiger partial charge on any atom is 0.278 e. The van der Waals surface area contributed by atoms with E-state index in [0.29, 0.717) is 21.1 Å². The standard InChI is InChI=1S/C21H14Cl2N2O3S/c1-13-2-9-17(10-3-13)29(27,28)20-18-12-16(23)8-11-19(18)25(24-20)21(26)14-4-6-15(22)7-5-14/h2-12H,1H3. The van der Waals surface area contributed by atoms with Crippen molar-refractivity contribution in [2.75, 3.05) is 0 Å². The Morgan fingerprint density at radius 3 is 2.17 bits per heavy atom. The average molecular weight is 445 g/mol. The van der Waals surface area contributed by atoms with Crippen LogP contribution in [0.5, 0.6) is 0 Å². The number of sulfone groups is 1. The molecule has 0 spiro atoms. The third-order valence-corrected chi connectivity index (χ3v) is 6.67. The van der Waals surface area contributed by atoms with Crippen LogP contribution >= 0.6 is 23.2 Å². The minimum Gasteiger partial charge on any atom is -0.267 e. The Hall–Kier alpha value is -2.67. The zero-order valence-corrected chi connectivity index (χ0v) is 17.5. The molecule has 3 aromatic carbocycles. The topological polar surface area (TPSA) is 69.0 Å². The highest BCUT2D eigenvalue weighted by Gasteiger charge is 2.27. The molecule has 146 valence electrons. The van der Waals surface area contributed by atoms with Crippen molar-refractivity contribution < 1.29 is 13.2 Å². The molecule has 0 radical (unpaired) electrons.